The SMILES string of the molecule is Cc1cc2n(n1)CCC(=O)N2CC(=O)N1CCN(c2cccc(C)c2C)CC1. The van der Waals surface area contributed by atoms with Gasteiger partial charge < -0.3 is 9.80 Å². The van der Waals surface area contributed by atoms with E-state index in [4.69, 9.17) is 0 Å². The van der Waals surface area contributed by atoms with E-state index < -0.39 is 0 Å². The monoisotopic (exact) mass is 381 g/mol. The lowest BCUT2D eigenvalue weighted by atomic mass is 10.1. The van der Waals surface area contributed by atoms with Crippen LogP contribution in [0.2, 0.25) is 0 Å². The Bertz CT molecular complexity index is 912. The van der Waals surface area contributed by atoms with Crippen molar-refractivity contribution in [3.8, 4) is 0 Å². The van der Waals surface area contributed by atoms with E-state index in [1.54, 1.807) is 4.90 Å². The maximum Gasteiger partial charge on any atom is 0.242 e. The van der Waals surface area contributed by atoms with Crippen LogP contribution < -0.4 is 9.80 Å². The van der Waals surface area contributed by atoms with E-state index in [0.29, 0.717) is 26.1 Å². The van der Waals surface area contributed by atoms with E-state index in [1.165, 1.54) is 16.8 Å². The number of fused-ring (bicyclic) bond motifs is 1. The van der Waals surface area contributed by atoms with Gasteiger partial charge >= 0.3 is 0 Å². The maximum absolute atomic E-state index is 12.9. The van der Waals surface area contributed by atoms with E-state index in [2.05, 4.69) is 42.0 Å². The molecule has 0 radical (unpaired) electrons. The fourth-order valence-corrected chi connectivity index (χ4v) is 4.06. The fourth-order valence-electron chi connectivity index (χ4n) is 4.06. The fraction of sp³-hybridized carbons (Fsp3) is 0.476. The number of anilines is 2. The van der Waals surface area contributed by atoms with Crippen LogP contribution in [-0.4, -0.2) is 59.2 Å². The molecule has 7 nitrogen and oxygen atoms in total. The van der Waals surface area contributed by atoms with Crippen LogP contribution in [0.25, 0.3) is 0 Å². The number of carbonyl (C=O) groups is 2. The summed E-state index contributed by atoms with van der Waals surface area (Å²) < 4.78 is 1.82. The standard InChI is InChI=1S/C21H27N5O2/c1-15-5-4-6-18(17(15)3)23-9-11-24(12-10-23)21(28)14-25-19-13-16(2)22-26(19)8-7-20(25)27/h4-6,13H,7-12,14H2,1-3H3. The quantitative estimate of drug-likeness (QED) is 0.815. The minimum Gasteiger partial charge on any atom is -0.368 e. The van der Waals surface area contributed by atoms with E-state index >= 15 is 0 Å². The highest BCUT2D eigenvalue weighted by Gasteiger charge is 2.30. The van der Waals surface area contributed by atoms with Crippen molar-refractivity contribution in [3.05, 3.63) is 41.1 Å². The van der Waals surface area contributed by atoms with Crippen LogP contribution in [0.1, 0.15) is 23.2 Å². The van der Waals surface area contributed by atoms with E-state index in [-0.39, 0.29) is 18.4 Å². The summed E-state index contributed by atoms with van der Waals surface area (Å²) in [7, 11) is 0. The smallest absolute Gasteiger partial charge is 0.242 e. The highest BCUT2D eigenvalue weighted by molar-refractivity contribution is 5.99. The summed E-state index contributed by atoms with van der Waals surface area (Å²) in [4.78, 5) is 31.1. The second kappa shape index (κ2) is 7.30. The topological polar surface area (TPSA) is 61.7 Å². The molecule has 0 spiro atoms. The molecule has 2 amide bonds. The average Bonchev–Trinajstić information content (AvgIpc) is 3.07. The first-order chi connectivity index (χ1) is 13.4. The zero-order chi connectivity index (χ0) is 19.8. The van der Waals surface area contributed by atoms with Crippen molar-refractivity contribution in [1.29, 1.82) is 0 Å². The molecule has 3 heterocycles. The van der Waals surface area contributed by atoms with Crippen LogP contribution in [0, 0.1) is 20.8 Å². The van der Waals surface area contributed by atoms with Gasteiger partial charge in [0.2, 0.25) is 11.8 Å². The number of rotatable bonds is 3. The molecular weight excluding hydrogens is 354 g/mol. The summed E-state index contributed by atoms with van der Waals surface area (Å²) in [5, 5.41) is 4.41. The van der Waals surface area contributed by atoms with Crippen molar-refractivity contribution < 1.29 is 9.59 Å². The Morgan fingerprint density at radius 3 is 2.57 bits per heavy atom. The lowest BCUT2D eigenvalue weighted by molar-refractivity contribution is -0.132. The van der Waals surface area contributed by atoms with Gasteiger partial charge in [-0.3, -0.25) is 14.5 Å². The van der Waals surface area contributed by atoms with Crippen LogP contribution in [0.4, 0.5) is 11.5 Å². The van der Waals surface area contributed by atoms with Gasteiger partial charge in [0, 0.05) is 44.4 Å². The molecule has 1 fully saturated rings. The predicted octanol–water partition coefficient (Wildman–Crippen LogP) is 1.89. The van der Waals surface area contributed by atoms with Crippen LogP contribution in [0.5, 0.6) is 0 Å². The molecular formula is C21H27N5O2. The number of benzene rings is 1. The molecule has 148 valence electrons. The third-order valence-corrected chi connectivity index (χ3v) is 5.84. The molecule has 0 aliphatic carbocycles. The molecule has 0 unspecified atom stereocenters. The largest absolute Gasteiger partial charge is 0.368 e. The molecule has 1 saturated heterocycles. The first kappa shape index (κ1) is 18.5. The summed E-state index contributed by atoms with van der Waals surface area (Å²) in [6.45, 7) is 9.81. The van der Waals surface area contributed by atoms with Crippen molar-refractivity contribution >= 4 is 23.3 Å². The number of aryl methyl sites for hydroxylation is 3. The molecule has 2 aliphatic heterocycles. The molecule has 0 N–H and O–H groups in total. The number of carbonyl (C=O) groups excluding carboxylic acids is 2. The maximum atomic E-state index is 12.9. The van der Waals surface area contributed by atoms with Gasteiger partial charge in [-0.2, -0.15) is 5.10 Å². The molecule has 1 aromatic carbocycles. The molecule has 2 aromatic rings. The van der Waals surface area contributed by atoms with Crippen LogP contribution >= 0.6 is 0 Å². The third-order valence-electron chi connectivity index (χ3n) is 5.84. The van der Waals surface area contributed by atoms with Crippen molar-refractivity contribution in [3.63, 3.8) is 0 Å². The minimum absolute atomic E-state index is 0.00117. The summed E-state index contributed by atoms with van der Waals surface area (Å²) in [5.74, 6) is 0.729. The lowest BCUT2D eigenvalue weighted by Crippen LogP contribution is -2.52. The Kier molecular flexibility index (Phi) is 4.83. The van der Waals surface area contributed by atoms with Gasteiger partial charge in [-0.25, -0.2) is 4.68 Å². The van der Waals surface area contributed by atoms with Gasteiger partial charge in [0.05, 0.1) is 12.2 Å². The molecule has 7 heteroatoms. The Morgan fingerprint density at radius 2 is 1.82 bits per heavy atom. The first-order valence-electron chi connectivity index (χ1n) is 9.88. The second-order valence-corrected chi connectivity index (χ2v) is 7.68. The van der Waals surface area contributed by atoms with Crippen LogP contribution in [0.15, 0.2) is 24.3 Å². The van der Waals surface area contributed by atoms with Gasteiger partial charge in [0.1, 0.15) is 12.4 Å². The third kappa shape index (κ3) is 3.37. The van der Waals surface area contributed by atoms with E-state index in [9.17, 15) is 9.59 Å². The number of hydrogen-bond acceptors (Lipinski definition) is 4. The Morgan fingerprint density at radius 1 is 1.07 bits per heavy atom. The highest BCUT2D eigenvalue weighted by atomic mass is 16.2. The summed E-state index contributed by atoms with van der Waals surface area (Å²) in [6.07, 6.45) is 0.391. The Balaban J connectivity index is 1.41. The molecule has 2 aliphatic rings. The van der Waals surface area contributed by atoms with Gasteiger partial charge in [-0.15, -0.1) is 0 Å². The van der Waals surface area contributed by atoms with E-state index in [1.807, 2.05) is 22.6 Å². The zero-order valence-electron chi connectivity index (χ0n) is 16.8. The second-order valence-electron chi connectivity index (χ2n) is 7.68. The normalized spacial score (nSPS) is 17.1. The van der Waals surface area contributed by atoms with Gasteiger partial charge in [0.25, 0.3) is 0 Å². The van der Waals surface area contributed by atoms with Gasteiger partial charge in [-0.05, 0) is 38.0 Å². The molecule has 0 atom stereocenters. The number of amides is 2. The molecule has 28 heavy (non-hydrogen) atoms. The van der Waals surface area contributed by atoms with E-state index in [0.717, 1.165) is 24.6 Å². The number of piperazine rings is 1. The first-order valence-corrected chi connectivity index (χ1v) is 9.88. The lowest BCUT2D eigenvalue weighted by Gasteiger charge is -2.38. The Labute approximate surface area is 165 Å². The van der Waals surface area contributed by atoms with Crippen LogP contribution in [-0.2, 0) is 16.1 Å². The zero-order valence-corrected chi connectivity index (χ0v) is 16.8. The molecule has 4 rings (SSSR count). The molecule has 0 bridgehead atoms. The predicted molar refractivity (Wildman–Crippen MR) is 109 cm³/mol. The number of aromatic nitrogens is 2. The average molecular weight is 381 g/mol. The van der Waals surface area contributed by atoms with Crippen molar-refractivity contribution in [2.45, 2.75) is 33.7 Å². The van der Waals surface area contributed by atoms with Gasteiger partial charge in [0.15, 0.2) is 0 Å². The number of hydrogen-bond donors (Lipinski definition) is 0. The Hall–Kier alpha value is -2.83. The minimum atomic E-state index is -0.00484. The van der Waals surface area contributed by atoms with Crippen molar-refractivity contribution in [1.82, 2.24) is 14.7 Å². The highest BCUT2D eigenvalue weighted by Crippen LogP contribution is 2.25. The summed E-state index contributed by atoms with van der Waals surface area (Å²) in [5.41, 5.74) is 4.69. The summed E-state index contributed by atoms with van der Waals surface area (Å²) >= 11 is 0. The molecule has 1 aromatic heterocycles. The number of nitrogens with zero attached hydrogens (tertiary/aromatic N) is 5. The van der Waals surface area contributed by atoms with Crippen molar-refractivity contribution in [2.24, 2.45) is 0 Å². The van der Waals surface area contributed by atoms with Crippen LogP contribution in [0.3, 0.4) is 0 Å². The van der Waals surface area contributed by atoms with Crippen molar-refractivity contribution in [2.75, 3.05) is 42.5 Å². The van der Waals surface area contributed by atoms with Gasteiger partial charge in [-0.1, -0.05) is 12.1 Å². The molecule has 0 saturated carbocycles. The summed E-state index contributed by atoms with van der Waals surface area (Å²) in [6, 6.07) is 8.24.